The van der Waals surface area contributed by atoms with Crippen molar-refractivity contribution >= 4 is 21.6 Å². The van der Waals surface area contributed by atoms with Crippen molar-refractivity contribution in [1.82, 2.24) is 19.3 Å². The van der Waals surface area contributed by atoms with E-state index < -0.39 is 43.8 Å². The summed E-state index contributed by atoms with van der Waals surface area (Å²) in [4.78, 5) is 29.5. The third kappa shape index (κ3) is 4.31. The highest BCUT2D eigenvalue weighted by atomic mass is 32.2. The SMILES string of the molecule is COc1c#ccc(S(=O)(=O)NC(=O)c2c(C)nc3c(-c4ccccc4)c(C(F)(F)F)[nH]n3c2=O)c1. The molecule has 0 saturated carbocycles. The van der Waals surface area contributed by atoms with Crippen molar-refractivity contribution in [2.24, 2.45) is 0 Å². The van der Waals surface area contributed by atoms with Gasteiger partial charge in [0, 0.05) is 12.1 Å². The first-order chi connectivity index (χ1) is 16.4. The fourth-order valence-corrected chi connectivity index (χ4v) is 4.35. The predicted octanol–water partition coefficient (Wildman–Crippen LogP) is 2.74. The van der Waals surface area contributed by atoms with Crippen molar-refractivity contribution in [3.63, 3.8) is 0 Å². The van der Waals surface area contributed by atoms with Crippen molar-refractivity contribution < 1.29 is 31.1 Å². The summed E-state index contributed by atoms with van der Waals surface area (Å²) in [6.07, 6.45) is -4.88. The minimum atomic E-state index is -4.88. The van der Waals surface area contributed by atoms with Crippen LogP contribution in [-0.4, -0.2) is 36.0 Å². The molecule has 0 bridgehead atoms. The predicted molar refractivity (Wildman–Crippen MR) is 116 cm³/mol. The van der Waals surface area contributed by atoms with E-state index in [0.29, 0.717) is 4.52 Å². The Hall–Kier alpha value is -4.31. The third-order valence-corrected chi connectivity index (χ3v) is 6.29. The van der Waals surface area contributed by atoms with Gasteiger partial charge in [-0.25, -0.2) is 18.1 Å². The highest BCUT2D eigenvalue weighted by Gasteiger charge is 2.38. The summed E-state index contributed by atoms with van der Waals surface area (Å²) in [5.74, 6) is -1.34. The van der Waals surface area contributed by atoms with Gasteiger partial charge in [0.05, 0.1) is 18.4 Å². The summed E-state index contributed by atoms with van der Waals surface area (Å²) in [7, 11) is -3.22. The lowest BCUT2D eigenvalue weighted by atomic mass is 10.1. The summed E-state index contributed by atoms with van der Waals surface area (Å²) >= 11 is 0. The third-order valence-electron chi connectivity index (χ3n) is 4.97. The summed E-state index contributed by atoms with van der Waals surface area (Å²) in [6, 6.07) is 14.5. The first kappa shape index (κ1) is 23.8. The quantitative estimate of drug-likeness (QED) is 0.431. The van der Waals surface area contributed by atoms with Gasteiger partial charge >= 0.3 is 6.18 Å². The van der Waals surface area contributed by atoms with E-state index in [0.717, 1.165) is 12.1 Å². The molecule has 0 atom stereocenters. The number of hydrogen-bond acceptors (Lipinski definition) is 6. The molecule has 35 heavy (non-hydrogen) atoms. The summed E-state index contributed by atoms with van der Waals surface area (Å²) in [5, 5.41) is 1.96. The molecule has 2 aromatic heterocycles. The van der Waals surface area contributed by atoms with Gasteiger partial charge in [0.1, 0.15) is 16.2 Å². The number of benzene rings is 1. The molecule has 0 fully saturated rings. The Morgan fingerprint density at radius 2 is 1.91 bits per heavy atom. The second-order valence-electron chi connectivity index (χ2n) is 7.23. The second kappa shape index (κ2) is 8.48. The fraction of sp³-hybridized carbons (Fsp3) is 0.136. The Balaban J connectivity index is 1.85. The number of carbonyl (C=O) groups is 1. The molecule has 0 spiro atoms. The molecule has 0 aliphatic rings. The average molecular weight is 504 g/mol. The standard InChI is InChI=1S/C22H15F3N4O5S/c1-12-16(20(30)28-35(32,33)15-10-6-9-14(11-15)34-2)21(31)29-19(26-12)17(13-7-4-3-5-8-13)18(27-29)22(23,24)25/h3-5,7-8,10-11,27H,1-2H3,(H,28,30). The Kier molecular flexibility index (Phi) is 5.77. The van der Waals surface area contributed by atoms with Crippen LogP contribution in [0.4, 0.5) is 13.2 Å². The summed E-state index contributed by atoms with van der Waals surface area (Å²) < 4.78 is 73.7. The van der Waals surface area contributed by atoms with Crippen LogP contribution in [0, 0.1) is 19.1 Å². The van der Waals surface area contributed by atoms with Crippen LogP contribution >= 0.6 is 0 Å². The van der Waals surface area contributed by atoms with E-state index in [-0.39, 0.29) is 28.2 Å². The highest BCUT2D eigenvalue weighted by molar-refractivity contribution is 7.90. The van der Waals surface area contributed by atoms with Gasteiger partial charge in [-0.15, -0.1) is 0 Å². The van der Waals surface area contributed by atoms with Crippen LogP contribution in [0.15, 0.2) is 52.2 Å². The normalized spacial score (nSPS) is 11.8. The zero-order chi connectivity index (χ0) is 25.5. The van der Waals surface area contributed by atoms with Gasteiger partial charge in [-0.3, -0.25) is 14.7 Å². The molecule has 13 heteroatoms. The van der Waals surface area contributed by atoms with Crippen molar-refractivity contribution in [2.75, 3.05) is 7.11 Å². The van der Waals surface area contributed by atoms with Crippen LogP contribution < -0.4 is 15.0 Å². The van der Waals surface area contributed by atoms with E-state index in [1.807, 2.05) is 5.10 Å². The number of aryl methyl sites for hydroxylation is 1. The van der Waals surface area contributed by atoms with Gasteiger partial charge in [0.25, 0.3) is 21.5 Å². The number of amides is 1. The van der Waals surface area contributed by atoms with Crippen molar-refractivity contribution in [3.05, 3.63) is 81.9 Å². The maximum absolute atomic E-state index is 13.8. The highest BCUT2D eigenvalue weighted by Crippen LogP contribution is 2.38. The number of rotatable bonds is 5. The van der Waals surface area contributed by atoms with Gasteiger partial charge in [-0.05, 0) is 18.6 Å². The Labute approximate surface area is 196 Å². The summed E-state index contributed by atoms with van der Waals surface area (Å²) in [6.45, 7) is 1.21. The number of H-pyrrole nitrogens is 1. The van der Waals surface area contributed by atoms with Crippen LogP contribution in [0.25, 0.3) is 16.8 Å². The molecule has 0 aliphatic heterocycles. The van der Waals surface area contributed by atoms with E-state index in [9.17, 15) is 31.2 Å². The van der Waals surface area contributed by atoms with Gasteiger partial charge < -0.3 is 4.74 Å². The van der Waals surface area contributed by atoms with Crippen LogP contribution in [-0.2, 0) is 16.2 Å². The molecule has 0 saturated heterocycles. The molecule has 1 amide bonds. The number of alkyl halides is 3. The van der Waals surface area contributed by atoms with E-state index in [1.54, 1.807) is 10.8 Å². The smallest absolute Gasteiger partial charge is 0.433 e. The average Bonchev–Trinajstić information content (AvgIpc) is 3.19. The molecular formula is C22H15F3N4O5S. The minimum Gasteiger partial charge on any atom is -0.489 e. The molecule has 2 N–H and O–H groups in total. The molecule has 2 aromatic carbocycles. The number of aromatic nitrogens is 3. The Morgan fingerprint density at radius 1 is 1.23 bits per heavy atom. The second-order valence-corrected chi connectivity index (χ2v) is 8.91. The number of carbonyl (C=O) groups excluding carboxylic acids is 1. The van der Waals surface area contributed by atoms with E-state index in [1.165, 1.54) is 38.3 Å². The van der Waals surface area contributed by atoms with Crippen LogP contribution in [0.3, 0.4) is 0 Å². The lowest BCUT2D eigenvalue weighted by molar-refractivity contribution is -0.140. The van der Waals surface area contributed by atoms with E-state index in [2.05, 4.69) is 17.1 Å². The van der Waals surface area contributed by atoms with Gasteiger partial charge in [0.2, 0.25) is 0 Å². The summed E-state index contributed by atoms with van der Waals surface area (Å²) in [5.41, 5.74) is -4.10. The number of halogens is 3. The molecule has 4 aromatic rings. The molecule has 4 rings (SSSR count). The largest absolute Gasteiger partial charge is 0.489 e. The molecule has 180 valence electrons. The number of fused-ring (bicyclic) bond motifs is 1. The number of aromatic amines is 1. The van der Waals surface area contributed by atoms with E-state index >= 15 is 0 Å². The van der Waals surface area contributed by atoms with Crippen LogP contribution in [0.1, 0.15) is 21.7 Å². The van der Waals surface area contributed by atoms with Gasteiger partial charge in [0.15, 0.2) is 11.4 Å². The van der Waals surface area contributed by atoms with Crippen LogP contribution in [0.5, 0.6) is 5.75 Å². The first-order valence-corrected chi connectivity index (χ1v) is 11.2. The lowest BCUT2D eigenvalue weighted by Crippen LogP contribution is -2.36. The van der Waals surface area contributed by atoms with Gasteiger partial charge in [-0.1, -0.05) is 36.4 Å². The minimum absolute atomic E-state index is 0.0270. The molecular weight excluding hydrogens is 489 g/mol. The van der Waals surface area contributed by atoms with Gasteiger partial charge in [-0.2, -0.15) is 17.7 Å². The number of nitrogens with one attached hydrogen (secondary N) is 2. The number of nitrogens with zero attached hydrogens (tertiary/aromatic N) is 2. The van der Waals surface area contributed by atoms with Crippen LogP contribution in [0.2, 0.25) is 0 Å². The number of methoxy groups -OCH3 is 1. The maximum atomic E-state index is 13.8. The van der Waals surface area contributed by atoms with Crippen molar-refractivity contribution in [2.45, 2.75) is 18.0 Å². The molecule has 0 aliphatic carbocycles. The topological polar surface area (TPSA) is 123 Å². The number of ether oxygens (including phenoxy) is 1. The van der Waals surface area contributed by atoms with E-state index in [4.69, 9.17) is 4.74 Å². The molecule has 0 radical (unpaired) electrons. The Bertz CT molecular complexity index is 1610. The van der Waals surface area contributed by atoms with Crippen molar-refractivity contribution in [1.29, 1.82) is 0 Å². The zero-order valence-corrected chi connectivity index (χ0v) is 18.8. The molecule has 0 unspecified atom stereocenters. The lowest BCUT2D eigenvalue weighted by Gasteiger charge is -2.09. The Morgan fingerprint density at radius 3 is 2.54 bits per heavy atom. The zero-order valence-electron chi connectivity index (χ0n) is 18.0. The number of sulfonamides is 1. The fourth-order valence-electron chi connectivity index (χ4n) is 3.41. The molecule has 2 heterocycles. The number of hydrogen-bond donors (Lipinski definition) is 2. The first-order valence-electron chi connectivity index (χ1n) is 9.76. The molecule has 9 nitrogen and oxygen atoms in total. The monoisotopic (exact) mass is 504 g/mol. The van der Waals surface area contributed by atoms with Crippen molar-refractivity contribution in [3.8, 4) is 16.9 Å². The maximum Gasteiger partial charge on any atom is 0.433 e.